The van der Waals surface area contributed by atoms with E-state index >= 15 is 0 Å². The van der Waals surface area contributed by atoms with Crippen LogP contribution in [0.1, 0.15) is 21.5 Å². The van der Waals surface area contributed by atoms with Crippen LogP contribution in [0.5, 0.6) is 5.75 Å². The van der Waals surface area contributed by atoms with Gasteiger partial charge in [0.05, 0.1) is 0 Å². The lowest BCUT2D eigenvalue weighted by atomic mass is 9.87. The lowest BCUT2D eigenvalue weighted by Crippen LogP contribution is -2.24. The van der Waals surface area contributed by atoms with Crippen LogP contribution in [0.2, 0.25) is 0 Å². The molecule has 0 fully saturated rings. The number of ketones is 1. The van der Waals surface area contributed by atoms with E-state index in [0.717, 1.165) is 11.1 Å². The molecule has 0 unspecified atom stereocenters. The molecule has 6 heteroatoms. The Balaban J connectivity index is 1.92. The number of rotatable bonds is 4. The first-order chi connectivity index (χ1) is 11.0. The number of hydrogen-bond acceptors (Lipinski definition) is 4. The van der Waals surface area contributed by atoms with Crippen molar-refractivity contribution in [3.05, 3.63) is 71.3 Å². The molecular formula is C17H15NO4S. The monoisotopic (exact) mass is 329 g/mol. The highest BCUT2D eigenvalue weighted by Gasteiger charge is 2.22. The van der Waals surface area contributed by atoms with Crippen LogP contribution in [0.25, 0.3) is 5.57 Å². The largest absolute Gasteiger partial charge is 0.382 e. The number of nitrogens with one attached hydrogen (secondary N) is 1. The molecule has 118 valence electrons. The van der Waals surface area contributed by atoms with Crippen molar-refractivity contribution in [3.63, 3.8) is 0 Å². The molecule has 0 amide bonds. The van der Waals surface area contributed by atoms with Crippen molar-refractivity contribution < 1.29 is 17.4 Å². The Labute approximate surface area is 134 Å². The van der Waals surface area contributed by atoms with Gasteiger partial charge < -0.3 is 4.18 Å². The van der Waals surface area contributed by atoms with Crippen LogP contribution in [0.15, 0.2) is 54.6 Å². The van der Waals surface area contributed by atoms with Gasteiger partial charge in [0.25, 0.3) is 0 Å². The first kappa shape index (κ1) is 15.5. The number of carbonyl (C=O) groups excluding carboxylic acids is 1. The highest BCUT2D eigenvalue weighted by Crippen LogP contribution is 2.30. The van der Waals surface area contributed by atoms with E-state index in [-0.39, 0.29) is 11.5 Å². The maximum Gasteiger partial charge on any atom is 0.382 e. The highest BCUT2D eigenvalue weighted by molar-refractivity contribution is 7.85. The van der Waals surface area contributed by atoms with Crippen LogP contribution >= 0.6 is 0 Å². The van der Waals surface area contributed by atoms with Crippen molar-refractivity contribution in [1.82, 2.24) is 4.72 Å². The Kier molecular flexibility index (Phi) is 4.02. The maximum absolute atomic E-state index is 12.6. The molecule has 2 aromatic rings. The highest BCUT2D eigenvalue weighted by atomic mass is 32.2. The topological polar surface area (TPSA) is 72.5 Å². The molecule has 1 aliphatic carbocycles. The minimum atomic E-state index is -3.82. The van der Waals surface area contributed by atoms with Crippen molar-refractivity contribution in [2.75, 3.05) is 7.05 Å². The molecular weight excluding hydrogens is 314 g/mol. The zero-order valence-electron chi connectivity index (χ0n) is 12.4. The summed E-state index contributed by atoms with van der Waals surface area (Å²) in [5.74, 6) is 0.114. The summed E-state index contributed by atoms with van der Waals surface area (Å²) >= 11 is 0. The van der Waals surface area contributed by atoms with Crippen LogP contribution in [0.4, 0.5) is 0 Å². The summed E-state index contributed by atoms with van der Waals surface area (Å²) in [7, 11) is -2.55. The third kappa shape index (κ3) is 3.18. The van der Waals surface area contributed by atoms with Gasteiger partial charge in [0.15, 0.2) is 5.78 Å². The average Bonchev–Trinajstić information content (AvgIpc) is 2.55. The Morgan fingerprint density at radius 3 is 2.52 bits per heavy atom. The van der Waals surface area contributed by atoms with Crippen LogP contribution in [0, 0.1) is 0 Å². The third-order valence-corrected chi connectivity index (χ3v) is 4.54. The molecule has 0 bridgehead atoms. The summed E-state index contributed by atoms with van der Waals surface area (Å²) in [6, 6.07) is 14.1. The Bertz CT molecular complexity index is 886. The second kappa shape index (κ2) is 5.98. The Morgan fingerprint density at radius 2 is 1.83 bits per heavy atom. The van der Waals surface area contributed by atoms with Crippen molar-refractivity contribution in [2.24, 2.45) is 0 Å². The van der Waals surface area contributed by atoms with Gasteiger partial charge in [-0.25, -0.2) is 0 Å². The van der Waals surface area contributed by atoms with Crippen molar-refractivity contribution >= 4 is 21.7 Å². The molecule has 0 saturated carbocycles. The summed E-state index contributed by atoms with van der Waals surface area (Å²) in [6.45, 7) is 0. The quantitative estimate of drug-likeness (QED) is 0.934. The number of carbonyl (C=O) groups is 1. The first-order valence-corrected chi connectivity index (χ1v) is 8.47. The van der Waals surface area contributed by atoms with Crippen LogP contribution in [-0.2, 0) is 16.7 Å². The molecule has 0 aromatic heterocycles. The van der Waals surface area contributed by atoms with E-state index in [0.29, 0.717) is 17.6 Å². The summed E-state index contributed by atoms with van der Waals surface area (Å²) < 4.78 is 29.8. The van der Waals surface area contributed by atoms with Gasteiger partial charge >= 0.3 is 10.3 Å². The zero-order valence-corrected chi connectivity index (χ0v) is 13.3. The maximum atomic E-state index is 12.6. The fourth-order valence-corrected chi connectivity index (χ4v) is 2.94. The number of fused-ring (bicyclic) bond motifs is 1. The molecule has 0 spiro atoms. The van der Waals surface area contributed by atoms with Gasteiger partial charge in [-0.1, -0.05) is 36.4 Å². The van der Waals surface area contributed by atoms with Gasteiger partial charge in [0.2, 0.25) is 0 Å². The molecule has 2 aromatic carbocycles. The van der Waals surface area contributed by atoms with Crippen molar-refractivity contribution in [1.29, 1.82) is 0 Å². The van der Waals surface area contributed by atoms with E-state index in [1.54, 1.807) is 12.1 Å². The molecule has 0 heterocycles. The number of hydrogen-bond donors (Lipinski definition) is 1. The third-order valence-electron chi connectivity index (χ3n) is 3.63. The fraction of sp³-hybridized carbons (Fsp3) is 0.118. The zero-order chi connectivity index (χ0) is 16.4. The number of Topliss-reactive ketones (excluding diaryl/α,β-unsaturated/α-hetero) is 1. The molecule has 0 radical (unpaired) electrons. The average molecular weight is 329 g/mol. The number of benzene rings is 2. The summed E-state index contributed by atoms with van der Waals surface area (Å²) in [4.78, 5) is 12.6. The van der Waals surface area contributed by atoms with E-state index in [2.05, 4.69) is 4.72 Å². The molecule has 1 aliphatic rings. The standard InChI is InChI=1S/C17H15NO4S/c1-18-23(20,21)22-14-8-10-16-13(11-14)7-9-15(17(16)19)12-5-3-2-4-6-12/h2-6,8-11,18H,7H2,1H3. The smallest absolute Gasteiger partial charge is 0.371 e. The predicted octanol–water partition coefficient (Wildman–Crippen LogP) is 2.35. The Hall–Kier alpha value is -2.44. The van der Waals surface area contributed by atoms with Crippen molar-refractivity contribution in [3.8, 4) is 5.75 Å². The van der Waals surface area contributed by atoms with Gasteiger partial charge in [-0.15, -0.1) is 0 Å². The minimum absolute atomic E-state index is 0.0690. The molecule has 3 rings (SSSR count). The summed E-state index contributed by atoms with van der Waals surface area (Å²) in [6.07, 6.45) is 2.40. The summed E-state index contributed by atoms with van der Waals surface area (Å²) in [5.41, 5.74) is 2.86. The van der Waals surface area contributed by atoms with E-state index in [4.69, 9.17) is 4.18 Å². The van der Waals surface area contributed by atoms with Gasteiger partial charge in [0.1, 0.15) is 5.75 Å². The predicted molar refractivity (Wildman–Crippen MR) is 87.5 cm³/mol. The molecule has 5 nitrogen and oxygen atoms in total. The lowest BCUT2D eigenvalue weighted by Gasteiger charge is -2.17. The molecule has 23 heavy (non-hydrogen) atoms. The summed E-state index contributed by atoms with van der Waals surface area (Å²) in [5, 5.41) is 0. The first-order valence-electron chi connectivity index (χ1n) is 7.06. The normalized spacial score (nSPS) is 14.1. The van der Waals surface area contributed by atoms with Crippen molar-refractivity contribution in [2.45, 2.75) is 6.42 Å². The van der Waals surface area contributed by atoms with Gasteiger partial charge in [-0.3, -0.25) is 4.79 Å². The van der Waals surface area contributed by atoms with Crippen LogP contribution < -0.4 is 8.91 Å². The molecule has 1 N–H and O–H groups in total. The fourth-order valence-electron chi connectivity index (χ4n) is 2.50. The lowest BCUT2D eigenvalue weighted by molar-refractivity contribution is 0.105. The Morgan fingerprint density at radius 1 is 1.09 bits per heavy atom. The molecule has 0 aliphatic heterocycles. The second-order valence-electron chi connectivity index (χ2n) is 5.08. The van der Waals surface area contributed by atoms with E-state index in [9.17, 15) is 13.2 Å². The minimum Gasteiger partial charge on any atom is -0.371 e. The van der Waals surface area contributed by atoms with Crippen LogP contribution in [0.3, 0.4) is 0 Å². The van der Waals surface area contributed by atoms with Gasteiger partial charge in [-0.2, -0.15) is 13.1 Å². The van der Waals surface area contributed by atoms with E-state index in [1.165, 1.54) is 13.1 Å². The van der Waals surface area contributed by atoms with E-state index in [1.807, 2.05) is 36.4 Å². The second-order valence-corrected chi connectivity index (χ2v) is 6.56. The van der Waals surface area contributed by atoms with Gasteiger partial charge in [-0.05, 0) is 35.7 Å². The van der Waals surface area contributed by atoms with E-state index < -0.39 is 10.3 Å². The molecule has 0 atom stereocenters. The van der Waals surface area contributed by atoms with Crippen LogP contribution in [-0.4, -0.2) is 21.2 Å². The van der Waals surface area contributed by atoms with Gasteiger partial charge in [0, 0.05) is 18.2 Å². The molecule has 0 saturated heterocycles. The number of allylic oxidation sites excluding steroid dienone is 2. The SMILES string of the molecule is CNS(=O)(=O)Oc1ccc2c(c1)CC=C(c1ccccc1)C2=O.